The molecule has 0 spiro atoms. The monoisotopic (exact) mass is 466 g/mol. The van der Waals surface area contributed by atoms with Gasteiger partial charge < -0.3 is 10.2 Å². The molecule has 0 unspecified atom stereocenters. The summed E-state index contributed by atoms with van der Waals surface area (Å²) in [5.74, 6) is -0.551. The van der Waals surface area contributed by atoms with Gasteiger partial charge in [-0.05, 0) is 46.9 Å². The van der Waals surface area contributed by atoms with Gasteiger partial charge >= 0.3 is 0 Å². The number of nitrogens with zero attached hydrogens (tertiary/aromatic N) is 1. The SMILES string of the molecule is CC(C)CNC(=O)[C@H](c1ccccc1)N(Cc1ccc(F)cc1)C(=O)Cc1ccc(Cl)cc1. The number of amides is 2. The van der Waals surface area contributed by atoms with Gasteiger partial charge in [-0.3, -0.25) is 9.59 Å². The molecule has 2 amide bonds. The maximum atomic E-state index is 13.6. The van der Waals surface area contributed by atoms with Crippen LogP contribution in [0.15, 0.2) is 78.9 Å². The quantitative estimate of drug-likeness (QED) is 0.448. The summed E-state index contributed by atoms with van der Waals surface area (Å²) in [5, 5.41) is 3.56. The van der Waals surface area contributed by atoms with E-state index in [0.29, 0.717) is 17.1 Å². The molecule has 4 nitrogen and oxygen atoms in total. The molecule has 0 fully saturated rings. The third-order valence-corrected chi connectivity index (χ3v) is 5.47. The fourth-order valence-electron chi connectivity index (χ4n) is 3.50. The van der Waals surface area contributed by atoms with Gasteiger partial charge in [-0.15, -0.1) is 0 Å². The van der Waals surface area contributed by atoms with Crippen LogP contribution in [0.1, 0.15) is 36.6 Å². The highest BCUT2D eigenvalue weighted by atomic mass is 35.5. The summed E-state index contributed by atoms with van der Waals surface area (Å²) in [6.45, 7) is 4.69. The first kappa shape index (κ1) is 24.5. The number of nitrogens with one attached hydrogen (secondary N) is 1. The lowest BCUT2D eigenvalue weighted by atomic mass is 10.0. The molecule has 0 radical (unpaired) electrons. The van der Waals surface area contributed by atoms with Gasteiger partial charge in [0.1, 0.15) is 11.9 Å². The molecule has 33 heavy (non-hydrogen) atoms. The maximum Gasteiger partial charge on any atom is 0.247 e. The van der Waals surface area contributed by atoms with Crippen molar-refractivity contribution < 1.29 is 14.0 Å². The average molecular weight is 467 g/mol. The number of benzene rings is 3. The van der Waals surface area contributed by atoms with Crippen LogP contribution < -0.4 is 5.32 Å². The summed E-state index contributed by atoms with van der Waals surface area (Å²) in [6, 6.07) is 21.5. The second kappa shape index (κ2) is 11.6. The Labute approximate surface area is 199 Å². The van der Waals surface area contributed by atoms with E-state index in [9.17, 15) is 14.0 Å². The van der Waals surface area contributed by atoms with Crippen LogP contribution in [0.2, 0.25) is 5.02 Å². The number of hydrogen-bond donors (Lipinski definition) is 1. The summed E-state index contributed by atoms with van der Waals surface area (Å²) >= 11 is 5.98. The van der Waals surface area contributed by atoms with E-state index in [0.717, 1.165) is 11.1 Å². The lowest BCUT2D eigenvalue weighted by Crippen LogP contribution is -2.44. The smallest absolute Gasteiger partial charge is 0.247 e. The van der Waals surface area contributed by atoms with Gasteiger partial charge in [-0.1, -0.05) is 80.0 Å². The number of carbonyl (C=O) groups is 2. The predicted octanol–water partition coefficient (Wildman–Crippen LogP) is 5.56. The van der Waals surface area contributed by atoms with E-state index in [1.165, 1.54) is 12.1 Å². The first-order valence-corrected chi connectivity index (χ1v) is 11.3. The fourth-order valence-corrected chi connectivity index (χ4v) is 3.62. The topological polar surface area (TPSA) is 49.4 Å². The van der Waals surface area contributed by atoms with Crippen molar-refractivity contribution in [2.24, 2.45) is 5.92 Å². The highest BCUT2D eigenvalue weighted by Gasteiger charge is 2.31. The number of rotatable bonds is 9. The lowest BCUT2D eigenvalue weighted by Gasteiger charge is -2.32. The summed E-state index contributed by atoms with van der Waals surface area (Å²) in [5.41, 5.74) is 2.24. The van der Waals surface area contributed by atoms with E-state index in [4.69, 9.17) is 11.6 Å². The normalized spacial score (nSPS) is 11.8. The van der Waals surface area contributed by atoms with Crippen molar-refractivity contribution in [3.8, 4) is 0 Å². The van der Waals surface area contributed by atoms with Crippen LogP contribution in [-0.4, -0.2) is 23.3 Å². The van der Waals surface area contributed by atoms with Crippen molar-refractivity contribution >= 4 is 23.4 Å². The molecule has 0 bridgehead atoms. The minimum absolute atomic E-state index is 0.110. The highest BCUT2D eigenvalue weighted by molar-refractivity contribution is 6.30. The molecule has 1 N–H and O–H groups in total. The average Bonchev–Trinajstić information content (AvgIpc) is 2.80. The van der Waals surface area contributed by atoms with Crippen LogP contribution >= 0.6 is 11.6 Å². The van der Waals surface area contributed by atoms with Crippen LogP contribution in [0.4, 0.5) is 4.39 Å². The Morgan fingerprint density at radius 1 is 0.909 bits per heavy atom. The first-order chi connectivity index (χ1) is 15.8. The fraction of sp³-hybridized carbons (Fsp3) is 0.259. The number of carbonyl (C=O) groups excluding carboxylic acids is 2. The predicted molar refractivity (Wildman–Crippen MR) is 129 cm³/mol. The Morgan fingerprint density at radius 2 is 1.52 bits per heavy atom. The largest absolute Gasteiger partial charge is 0.354 e. The first-order valence-electron chi connectivity index (χ1n) is 10.9. The van der Waals surface area contributed by atoms with Gasteiger partial charge in [0, 0.05) is 18.1 Å². The summed E-state index contributed by atoms with van der Waals surface area (Å²) in [7, 11) is 0. The number of hydrogen-bond acceptors (Lipinski definition) is 2. The second-order valence-corrected chi connectivity index (χ2v) is 8.84. The molecule has 0 saturated heterocycles. The van der Waals surface area contributed by atoms with Crippen LogP contribution in [0, 0.1) is 11.7 Å². The minimum Gasteiger partial charge on any atom is -0.354 e. The molecule has 3 rings (SSSR count). The molecule has 3 aromatic rings. The molecule has 0 aliphatic carbocycles. The standard InChI is InChI=1S/C27H28ClFN2O2/c1-19(2)17-30-27(33)26(22-6-4-3-5-7-22)31(18-21-10-14-24(29)15-11-21)25(32)16-20-8-12-23(28)13-9-20/h3-15,19,26H,16-18H2,1-2H3,(H,30,33)/t26-/m0/s1. The third kappa shape index (κ3) is 7.16. The van der Waals surface area contributed by atoms with E-state index in [-0.39, 0.29) is 36.5 Å². The Bertz CT molecular complexity index is 1050. The molecule has 172 valence electrons. The molecule has 0 saturated carbocycles. The molecule has 0 heterocycles. The summed E-state index contributed by atoms with van der Waals surface area (Å²) in [6.07, 6.45) is 0.110. The van der Waals surface area contributed by atoms with Crippen molar-refractivity contribution in [3.63, 3.8) is 0 Å². The van der Waals surface area contributed by atoms with Crippen LogP contribution in [0.3, 0.4) is 0 Å². The molecule has 6 heteroatoms. The molecule has 0 aliphatic rings. The third-order valence-electron chi connectivity index (χ3n) is 5.22. The van der Waals surface area contributed by atoms with Gasteiger partial charge in [0.05, 0.1) is 6.42 Å². The maximum absolute atomic E-state index is 13.6. The lowest BCUT2D eigenvalue weighted by molar-refractivity contribution is -0.141. The van der Waals surface area contributed by atoms with Gasteiger partial charge in [0.15, 0.2) is 0 Å². The Hall–Kier alpha value is -3.18. The Morgan fingerprint density at radius 3 is 2.12 bits per heavy atom. The van der Waals surface area contributed by atoms with Gasteiger partial charge in [0.2, 0.25) is 11.8 Å². The Balaban J connectivity index is 1.98. The van der Waals surface area contributed by atoms with Crippen molar-refractivity contribution in [2.45, 2.75) is 32.9 Å². The Kier molecular flexibility index (Phi) is 8.61. The van der Waals surface area contributed by atoms with Crippen molar-refractivity contribution in [3.05, 3.63) is 106 Å². The zero-order chi connectivity index (χ0) is 23.8. The molecule has 0 aromatic heterocycles. The van der Waals surface area contributed by atoms with E-state index in [1.807, 2.05) is 44.2 Å². The van der Waals surface area contributed by atoms with Gasteiger partial charge in [0.25, 0.3) is 0 Å². The van der Waals surface area contributed by atoms with Crippen molar-refractivity contribution in [2.75, 3.05) is 6.54 Å². The molecular weight excluding hydrogens is 439 g/mol. The van der Waals surface area contributed by atoms with E-state index < -0.39 is 6.04 Å². The zero-order valence-electron chi connectivity index (χ0n) is 18.8. The highest BCUT2D eigenvalue weighted by Crippen LogP contribution is 2.25. The molecule has 0 aliphatic heterocycles. The van der Waals surface area contributed by atoms with E-state index in [2.05, 4.69) is 5.32 Å². The zero-order valence-corrected chi connectivity index (χ0v) is 19.6. The van der Waals surface area contributed by atoms with Gasteiger partial charge in [-0.2, -0.15) is 0 Å². The molecule has 3 aromatic carbocycles. The van der Waals surface area contributed by atoms with Crippen LogP contribution in [-0.2, 0) is 22.6 Å². The summed E-state index contributed by atoms with van der Waals surface area (Å²) in [4.78, 5) is 28.5. The summed E-state index contributed by atoms with van der Waals surface area (Å²) < 4.78 is 13.5. The van der Waals surface area contributed by atoms with Crippen LogP contribution in [0.5, 0.6) is 0 Å². The van der Waals surface area contributed by atoms with Crippen molar-refractivity contribution in [1.82, 2.24) is 10.2 Å². The second-order valence-electron chi connectivity index (χ2n) is 8.40. The van der Waals surface area contributed by atoms with Crippen molar-refractivity contribution in [1.29, 1.82) is 0 Å². The molecular formula is C27H28ClFN2O2. The van der Waals surface area contributed by atoms with Crippen LogP contribution in [0.25, 0.3) is 0 Å². The van der Waals surface area contributed by atoms with E-state index in [1.54, 1.807) is 41.3 Å². The minimum atomic E-state index is -0.824. The number of halogens is 2. The van der Waals surface area contributed by atoms with Gasteiger partial charge in [-0.25, -0.2) is 4.39 Å². The molecule has 1 atom stereocenters. The van der Waals surface area contributed by atoms with E-state index >= 15 is 0 Å².